The standard InChI is InChI=1S/C6H6O5.Si/c1-3-5(7)9-11-10-6(8)4-2;/h3-4H,1-2H2;. The summed E-state index contributed by atoms with van der Waals surface area (Å²) < 4.78 is 0. The molecule has 0 spiro atoms. The van der Waals surface area contributed by atoms with Crippen molar-refractivity contribution in [3.63, 3.8) is 0 Å². The quantitative estimate of drug-likeness (QED) is 0.266. The third kappa shape index (κ3) is 6.71. The van der Waals surface area contributed by atoms with Crippen molar-refractivity contribution in [2.45, 2.75) is 0 Å². The lowest BCUT2D eigenvalue weighted by molar-refractivity contribution is -0.455. The molecule has 0 saturated carbocycles. The van der Waals surface area contributed by atoms with Gasteiger partial charge in [-0.3, -0.25) is 9.78 Å². The molecule has 4 radical (unpaired) electrons. The molecule has 0 amide bonds. The molecule has 6 heteroatoms. The second-order valence-corrected chi connectivity index (χ2v) is 1.28. The van der Waals surface area contributed by atoms with Crippen molar-refractivity contribution in [1.82, 2.24) is 0 Å². The molecule has 0 bridgehead atoms. The van der Waals surface area contributed by atoms with Gasteiger partial charge in [-0.15, -0.1) is 0 Å². The lowest BCUT2D eigenvalue weighted by Gasteiger charge is -1.95. The van der Waals surface area contributed by atoms with Crippen LogP contribution in [0.4, 0.5) is 0 Å². The van der Waals surface area contributed by atoms with Crippen LogP contribution in [0.2, 0.25) is 0 Å². The molecule has 5 nitrogen and oxygen atoms in total. The molecule has 0 aliphatic carbocycles. The van der Waals surface area contributed by atoms with Crippen molar-refractivity contribution in [2.24, 2.45) is 0 Å². The van der Waals surface area contributed by atoms with Gasteiger partial charge in [-0.05, 0) is 0 Å². The molecule has 0 unspecified atom stereocenters. The van der Waals surface area contributed by atoms with E-state index >= 15 is 0 Å². The number of carbonyl (C=O) groups excluding carboxylic acids is 2. The first-order valence-electron chi connectivity index (χ1n) is 2.54. The predicted octanol–water partition coefficient (Wildman–Crippen LogP) is -0.0894. The normalized spacial score (nSPS) is 7.33. The van der Waals surface area contributed by atoms with Gasteiger partial charge in [0.05, 0.1) is 0 Å². The van der Waals surface area contributed by atoms with Gasteiger partial charge < -0.3 is 0 Å². The average molecular weight is 186 g/mol. The monoisotopic (exact) mass is 186 g/mol. The van der Waals surface area contributed by atoms with Crippen molar-refractivity contribution in [3.05, 3.63) is 25.3 Å². The van der Waals surface area contributed by atoms with E-state index in [0.717, 1.165) is 12.2 Å². The second-order valence-electron chi connectivity index (χ2n) is 1.28. The maximum atomic E-state index is 10.2. The Kier molecular flexibility index (Phi) is 8.47. The zero-order valence-corrected chi connectivity index (χ0v) is 7.11. The molecule has 0 aliphatic rings. The molecule has 12 heavy (non-hydrogen) atoms. The zero-order chi connectivity index (χ0) is 8.69. The highest BCUT2D eigenvalue weighted by molar-refractivity contribution is 5.81. The fourth-order valence-corrected chi connectivity index (χ4v) is 0.152. The Morgan fingerprint density at radius 2 is 1.33 bits per heavy atom. The molecule has 0 aromatic rings. The summed E-state index contributed by atoms with van der Waals surface area (Å²) in [6.45, 7) is 6.13. The largest absolute Gasteiger partial charge is 0.369 e. The van der Waals surface area contributed by atoms with Gasteiger partial charge in [-0.1, -0.05) is 13.2 Å². The maximum Gasteiger partial charge on any atom is 0.369 e. The van der Waals surface area contributed by atoms with Crippen molar-refractivity contribution >= 4 is 22.9 Å². The minimum absolute atomic E-state index is 0. The van der Waals surface area contributed by atoms with E-state index < -0.39 is 11.9 Å². The van der Waals surface area contributed by atoms with Gasteiger partial charge in [0, 0.05) is 28.2 Å². The third-order valence-electron chi connectivity index (χ3n) is 0.566. The maximum absolute atomic E-state index is 10.2. The molecular formula is C6H6O5Si. The SMILES string of the molecule is C=CC(=O)OOOC(=O)C=C.[Si]. The predicted molar refractivity (Wildman–Crippen MR) is 39.4 cm³/mol. The molecule has 0 N–H and O–H groups in total. The van der Waals surface area contributed by atoms with E-state index in [1.807, 2.05) is 0 Å². The lowest BCUT2D eigenvalue weighted by atomic mass is 10.7. The van der Waals surface area contributed by atoms with Crippen LogP contribution in [0.3, 0.4) is 0 Å². The van der Waals surface area contributed by atoms with Gasteiger partial charge in [0.25, 0.3) is 0 Å². The average Bonchev–Trinajstić information content (AvgIpc) is 2.04. The highest BCUT2D eigenvalue weighted by Crippen LogP contribution is 1.85. The van der Waals surface area contributed by atoms with E-state index in [4.69, 9.17) is 0 Å². The molecule has 0 atom stereocenters. The third-order valence-corrected chi connectivity index (χ3v) is 0.566. The second kappa shape index (κ2) is 7.70. The highest BCUT2D eigenvalue weighted by Gasteiger charge is 2.00. The van der Waals surface area contributed by atoms with Crippen molar-refractivity contribution in [2.75, 3.05) is 0 Å². The summed E-state index contributed by atoms with van der Waals surface area (Å²) in [5.74, 6) is -1.72. The number of hydrogen-bond donors (Lipinski definition) is 0. The van der Waals surface area contributed by atoms with Crippen LogP contribution in [0, 0.1) is 0 Å². The molecule has 0 aromatic carbocycles. The van der Waals surface area contributed by atoms with E-state index in [-0.39, 0.29) is 11.0 Å². The summed E-state index contributed by atoms with van der Waals surface area (Å²) in [5, 5.41) is 3.70. The van der Waals surface area contributed by atoms with Gasteiger partial charge >= 0.3 is 11.9 Å². The van der Waals surface area contributed by atoms with Gasteiger partial charge in [-0.2, -0.15) is 0 Å². The van der Waals surface area contributed by atoms with Crippen LogP contribution < -0.4 is 0 Å². The fraction of sp³-hybridized carbons (Fsp3) is 0. The topological polar surface area (TPSA) is 61.8 Å². The van der Waals surface area contributed by atoms with Gasteiger partial charge in [-0.25, -0.2) is 9.59 Å². The van der Waals surface area contributed by atoms with Gasteiger partial charge in [0.1, 0.15) is 0 Å². The van der Waals surface area contributed by atoms with Crippen molar-refractivity contribution in [1.29, 1.82) is 0 Å². The number of rotatable bonds is 4. The Hall–Kier alpha value is -1.40. The smallest absolute Gasteiger partial charge is 0.255 e. The Morgan fingerprint density at radius 1 is 1.00 bits per heavy atom. The zero-order valence-electron chi connectivity index (χ0n) is 6.11. The van der Waals surface area contributed by atoms with Crippen molar-refractivity contribution in [3.8, 4) is 0 Å². The lowest BCUT2D eigenvalue weighted by Crippen LogP contribution is -2.06. The van der Waals surface area contributed by atoms with Crippen LogP contribution in [0.1, 0.15) is 0 Å². The van der Waals surface area contributed by atoms with Crippen LogP contribution in [-0.2, 0) is 24.4 Å². The van der Waals surface area contributed by atoms with Gasteiger partial charge in [0.15, 0.2) is 0 Å². The van der Waals surface area contributed by atoms with E-state index in [1.54, 1.807) is 0 Å². The summed E-state index contributed by atoms with van der Waals surface area (Å²) in [6.07, 6.45) is 1.70. The highest BCUT2D eigenvalue weighted by atomic mass is 28.1. The summed E-state index contributed by atoms with van der Waals surface area (Å²) in [7, 11) is 0. The molecule has 0 fully saturated rings. The molecule has 0 rings (SSSR count). The molecule has 64 valence electrons. The number of carbonyl (C=O) groups is 2. The Labute approximate surface area is 73.5 Å². The summed E-state index contributed by atoms with van der Waals surface area (Å²) in [6, 6.07) is 0. The first kappa shape index (κ1) is 13.2. The molecule has 0 heterocycles. The molecular weight excluding hydrogens is 180 g/mol. The molecule has 0 aromatic heterocycles. The summed E-state index contributed by atoms with van der Waals surface area (Å²) >= 11 is 0. The Bertz CT molecular complexity index is 168. The van der Waals surface area contributed by atoms with Crippen LogP contribution in [0.15, 0.2) is 25.3 Å². The molecule has 0 aliphatic heterocycles. The van der Waals surface area contributed by atoms with Crippen LogP contribution in [0.5, 0.6) is 0 Å². The van der Waals surface area contributed by atoms with E-state index in [9.17, 15) is 9.59 Å². The van der Waals surface area contributed by atoms with Crippen LogP contribution in [0.25, 0.3) is 0 Å². The Morgan fingerprint density at radius 3 is 1.58 bits per heavy atom. The van der Waals surface area contributed by atoms with Gasteiger partial charge in [0.2, 0.25) is 0 Å². The first-order chi connectivity index (χ1) is 5.20. The minimum atomic E-state index is -0.859. The van der Waals surface area contributed by atoms with Crippen LogP contribution in [-0.4, -0.2) is 22.9 Å². The van der Waals surface area contributed by atoms with Crippen LogP contribution >= 0.6 is 0 Å². The number of hydrogen-bond acceptors (Lipinski definition) is 5. The van der Waals surface area contributed by atoms with E-state index in [1.165, 1.54) is 0 Å². The van der Waals surface area contributed by atoms with E-state index in [2.05, 4.69) is 28.0 Å². The summed E-state index contributed by atoms with van der Waals surface area (Å²) in [5.41, 5.74) is 0. The molecule has 0 saturated heterocycles. The van der Waals surface area contributed by atoms with Crippen molar-refractivity contribution < 1.29 is 24.4 Å². The summed E-state index contributed by atoms with van der Waals surface area (Å²) in [4.78, 5) is 28.0. The Balaban J connectivity index is 0. The first-order valence-corrected chi connectivity index (χ1v) is 2.54. The van der Waals surface area contributed by atoms with E-state index in [0.29, 0.717) is 0 Å². The fourth-order valence-electron chi connectivity index (χ4n) is 0.152. The minimum Gasteiger partial charge on any atom is -0.255 e.